The van der Waals surface area contributed by atoms with E-state index in [1.165, 1.54) is 12.7 Å². The number of benzene rings is 2. The van der Waals surface area contributed by atoms with Crippen molar-refractivity contribution in [3.63, 3.8) is 0 Å². The molecule has 0 radical (unpaired) electrons. The van der Waals surface area contributed by atoms with Crippen LogP contribution in [0.15, 0.2) is 94.5 Å². The van der Waals surface area contributed by atoms with Gasteiger partial charge in [0, 0.05) is 11.1 Å². The lowest BCUT2D eigenvalue weighted by Gasteiger charge is -1.95. The van der Waals surface area contributed by atoms with Gasteiger partial charge in [-0.2, -0.15) is 0 Å². The van der Waals surface area contributed by atoms with Gasteiger partial charge in [-0.25, -0.2) is 9.97 Å². The van der Waals surface area contributed by atoms with E-state index in [4.69, 9.17) is 4.42 Å². The van der Waals surface area contributed by atoms with Gasteiger partial charge in [-0.3, -0.25) is 0 Å². The maximum atomic E-state index is 5.74. The van der Waals surface area contributed by atoms with Gasteiger partial charge in [-0.1, -0.05) is 48.5 Å². The predicted molar refractivity (Wildman–Crippen MR) is 83.9 cm³/mol. The van der Waals surface area contributed by atoms with Gasteiger partial charge in [0.05, 0.1) is 12.4 Å². The van der Waals surface area contributed by atoms with Crippen molar-refractivity contribution in [2.24, 2.45) is 0 Å². The van der Waals surface area contributed by atoms with Crippen LogP contribution in [0.25, 0.3) is 22.8 Å². The molecule has 2 aromatic carbocycles. The van der Waals surface area contributed by atoms with Crippen LogP contribution < -0.4 is 0 Å². The van der Waals surface area contributed by atoms with Crippen molar-refractivity contribution in [3.8, 4) is 22.8 Å². The second kappa shape index (κ2) is 7.04. The van der Waals surface area contributed by atoms with Gasteiger partial charge in [-0.05, 0) is 12.1 Å². The number of rotatable bonds is 2. The van der Waals surface area contributed by atoms with Crippen LogP contribution in [0.5, 0.6) is 0 Å². The first-order valence-corrected chi connectivity index (χ1v) is 6.82. The largest absolute Gasteiger partial charge is 0.452 e. The van der Waals surface area contributed by atoms with Gasteiger partial charge < -0.3 is 8.83 Å². The van der Waals surface area contributed by atoms with E-state index in [1.807, 2.05) is 60.7 Å². The molecule has 22 heavy (non-hydrogen) atoms. The van der Waals surface area contributed by atoms with E-state index >= 15 is 0 Å². The van der Waals surface area contributed by atoms with Gasteiger partial charge in [0.15, 0.2) is 12.2 Å². The Morgan fingerprint density at radius 2 is 1.45 bits per heavy atom. The van der Waals surface area contributed by atoms with Crippen LogP contribution in [-0.2, 0) is 0 Å². The van der Waals surface area contributed by atoms with E-state index in [0.717, 1.165) is 16.9 Å². The van der Waals surface area contributed by atoms with Gasteiger partial charge in [0.1, 0.15) is 6.26 Å². The molecule has 2 heterocycles. The Hall–Kier alpha value is -3.14. The number of oxazole rings is 2. The summed E-state index contributed by atoms with van der Waals surface area (Å²) in [7, 11) is 0. The van der Waals surface area contributed by atoms with Gasteiger partial charge in [0.2, 0.25) is 5.89 Å². The number of aromatic nitrogens is 2. The summed E-state index contributed by atoms with van der Waals surface area (Å²) in [5, 5.41) is 0. The molecule has 0 fully saturated rings. The molecule has 0 bridgehead atoms. The molecule has 4 aromatic rings. The summed E-state index contributed by atoms with van der Waals surface area (Å²) in [6.45, 7) is 0. The minimum absolute atomic E-state index is 0.657. The fourth-order valence-corrected chi connectivity index (χ4v) is 1.90. The average Bonchev–Trinajstić information content (AvgIpc) is 3.31. The zero-order chi connectivity index (χ0) is 15.0. The Morgan fingerprint density at radius 1 is 0.773 bits per heavy atom. The summed E-state index contributed by atoms with van der Waals surface area (Å²) in [5.41, 5.74) is 2.04. The Bertz CT molecular complexity index is 707. The smallest absolute Gasteiger partial charge is 0.226 e. The molecule has 0 aliphatic rings. The number of nitrogens with zero attached hydrogens (tertiary/aromatic N) is 2. The molecule has 0 amide bonds. The van der Waals surface area contributed by atoms with Crippen molar-refractivity contribution in [1.29, 1.82) is 0 Å². The summed E-state index contributed by atoms with van der Waals surface area (Å²) in [6.07, 6.45) is 6.23. The first kappa shape index (κ1) is 13.8. The Labute approximate surface area is 128 Å². The fourth-order valence-electron chi connectivity index (χ4n) is 1.90. The predicted octanol–water partition coefficient (Wildman–Crippen LogP) is 4.68. The van der Waals surface area contributed by atoms with Gasteiger partial charge in [-0.15, -0.1) is 0 Å². The first-order chi connectivity index (χ1) is 10.9. The molecule has 0 spiro atoms. The topological polar surface area (TPSA) is 52.1 Å². The summed E-state index contributed by atoms with van der Waals surface area (Å²) in [5.74, 6) is 1.45. The molecule has 4 heteroatoms. The normalized spacial score (nSPS) is 9.82. The fraction of sp³-hybridized carbons (Fsp3) is 0. The van der Waals surface area contributed by atoms with E-state index in [0.29, 0.717) is 5.89 Å². The van der Waals surface area contributed by atoms with Crippen LogP contribution in [0, 0.1) is 0 Å². The van der Waals surface area contributed by atoms with Crippen LogP contribution in [0.3, 0.4) is 0 Å². The van der Waals surface area contributed by atoms with Crippen LogP contribution in [-0.4, -0.2) is 9.97 Å². The second-order valence-corrected chi connectivity index (χ2v) is 4.44. The monoisotopic (exact) mass is 290 g/mol. The number of hydrogen-bond acceptors (Lipinski definition) is 4. The van der Waals surface area contributed by atoms with Crippen LogP contribution in [0.1, 0.15) is 0 Å². The summed E-state index contributed by atoms with van der Waals surface area (Å²) < 4.78 is 10.2. The minimum Gasteiger partial charge on any atom is -0.452 e. The molecule has 0 unspecified atom stereocenters. The van der Waals surface area contributed by atoms with E-state index in [9.17, 15) is 0 Å². The van der Waals surface area contributed by atoms with Gasteiger partial charge in [0.25, 0.3) is 0 Å². The van der Waals surface area contributed by atoms with E-state index in [-0.39, 0.29) is 0 Å². The summed E-state index contributed by atoms with van der Waals surface area (Å²) >= 11 is 0. The average molecular weight is 290 g/mol. The molecule has 0 N–H and O–H groups in total. The molecule has 4 nitrogen and oxygen atoms in total. The molecular weight excluding hydrogens is 276 g/mol. The van der Waals surface area contributed by atoms with E-state index in [2.05, 4.69) is 14.4 Å². The molecule has 4 rings (SSSR count). The molecular formula is C18H14N2O2. The highest BCUT2D eigenvalue weighted by Crippen LogP contribution is 2.25. The zero-order valence-electron chi connectivity index (χ0n) is 11.8. The quantitative estimate of drug-likeness (QED) is 0.537. The molecule has 108 valence electrons. The standard InChI is InChI=1S/C15H11NO.C3H3NO/c1-3-7-12(8-4-1)14-11-16-15(17-14)13-9-5-2-6-10-13;1-2-5-3-4-1/h1-11H;1-3H. The van der Waals surface area contributed by atoms with Crippen LogP contribution in [0.2, 0.25) is 0 Å². The maximum absolute atomic E-state index is 5.74. The lowest BCUT2D eigenvalue weighted by molar-refractivity contribution is 0.558. The lowest BCUT2D eigenvalue weighted by atomic mass is 10.2. The highest BCUT2D eigenvalue weighted by atomic mass is 16.4. The third-order valence-corrected chi connectivity index (χ3v) is 2.93. The second-order valence-electron chi connectivity index (χ2n) is 4.44. The molecule has 2 aromatic heterocycles. The van der Waals surface area contributed by atoms with Crippen molar-refractivity contribution in [2.75, 3.05) is 0 Å². The molecule has 0 atom stereocenters. The lowest BCUT2D eigenvalue weighted by Crippen LogP contribution is -1.73. The number of hydrogen-bond donors (Lipinski definition) is 0. The molecule has 0 saturated heterocycles. The third kappa shape index (κ3) is 3.49. The summed E-state index contributed by atoms with van der Waals surface area (Å²) in [6, 6.07) is 19.9. The Balaban J connectivity index is 0.000000246. The van der Waals surface area contributed by atoms with Crippen molar-refractivity contribution >= 4 is 0 Å². The molecule has 0 aliphatic heterocycles. The zero-order valence-corrected chi connectivity index (χ0v) is 11.8. The van der Waals surface area contributed by atoms with Crippen molar-refractivity contribution in [1.82, 2.24) is 9.97 Å². The SMILES string of the molecule is c1ccc(-c2cnc(-c3ccccc3)o2)cc1.c1cocn1. The highest BCUT2D eigenvalue weighted by Gasteiger charge is 2.07. The highest BCUT2D eigenvalue weighted by molar-refractivity contribution is 5.60. The molecule has 0 saturated carbocycles. The van der Waals surface area contributed by atoms with Crippen molar-refractivity contribution in [3.05, 3.63) is 85.7 Å². The Kier molecular flexibility index (Phi) is 4.42. The van der Waals surface area contributed by atoms with E-state index < -0.39 is 0 Å². The third-order valence-electron chi connectivity index (χ3n) is 2.93. The van der Waals surface area contributed by atoms with Crippen LogP contribution >= 0.6 is 0 Å². The van der Waals surface area contributed by atoms with Gasteiger partial charge >= 0.3 is 0 Å². The summed E-state index contributed by atoms with van der Waals surface area (Å²) in [4.78, 5) is 7.85. The molecule has 0 aliphatic carbocycles. The first-order valence-electron chi connectivity index (χ1n) is 6.82. The van der Waals surface area contributed by atoms with E-state index in [1.54, 1.807) is 12.4 Å². The Morgan fingerprint density at radius 3 is 2.00 bits per heavy atom. The van der Waals surface area contributed by atoms with Crippen molar-refractivity contribution < 1.29 is 8.83 Å². The van der Waals surface area contributed by atoms with Crippen LogP contribution in [0.4, 0.5) is 0 Å². The maximum Gasteiger partial charge on any atom is 0.226 e. The van der Waals surface area contributed by atoms with Crippen molar-refractivity contribution in [2.45, 2.75) is 0 Å². The minimum atomic E-state index is 0.657.